The zero-order valence-electron chi connectivity index (χ0n) is 13.8. The number of nitrogens with zero attached hydrogens (tertiary/aromatic N) is 1. The van der Waals surface area contributed by atoms with Crippen molar-refractivity contribution in [1.82, 2.24) is 5.32 Å². The molecule has 1 atom stereocenters. The molecule has 0 heterocycles. The first kappa shape index (κ1) is 18.6. The molecule has 0 aliphatic rings. The van der Waals surface area contributed by atoms with Crippen molar-refractivity contribution in [1.29, 1.82) is 5.26 Å². The highest BCUT2D eigenvalue weighted by atomic mass is 79.9. The molecule has 0 fully saturated rings. The van der Waals surface area contributed by atoms with E-state index in [1.165, 1.54) is 19.3 Å². The van der Waals surface area contributed by atoms with E-state index in [2.05, 4.69) is 21.2 Å². The molecule has 0 bridgehead atoms. The van der Waals surface area contributed by atoms with Crippen LogP contribution in [0.2, 0.25) is 0 Å². The van der Waals surface area contributed by atoms with Crippen molar-refractivity contribution in [2.45, 2.75) is 13.0 Å². The summed E-state index contributed by atoms with van der Waals surface area (Å²) in [6, 6.07) is 14.1. The quantitative estimate of drug-likeness (QED) is 0.587. The zero-order chi connectivity index (χ0) is 18.4. The average molecular weight is 401 g/mol. The molecule has 128 valence electrons. The molecule has 0 saturated heterocycles. The van der Waals surface area contributed by atoms with Crippen molar-refractivity contribution in [2.75, 3.05) is 7.11 Å². The highest BCUT2D eigenvalue weighted by Crippen LogP contribution is 2.33. The number of hydrogen-bond donors (Lipinski definition) is 2. The summed E-state index contributed by atoms with van der Waals surface area (Å²) in [6.07, 6.45) is 1.41. The molecular weight excluding hydrogens is 384 g/mol. The Kier molecular flexibility index (Phi) is 6.20. The van der Waals surface area contributed by atoms with Crippen LogP contribution >= 0.6 is 15.9 Å². The summed E-state index contributed by atoms with van der Waals surface area (Å²) in [4.78, 5) is 12.4. The van der Waals surface area contributed by atoms with Gasteiger partial charge in [-0.25, -0.2) is 0 Å². The Balaban J connectivity index is 2.24. The summed E-state index contributed by atoms with van der Waals surface area (Å²) < 4.78 is 5.61. The fourth-order valence-electron chi connectivity index (χ4n) is 2.24. The number of carbonyl (C=O) groups is 1. The van der Waals surface area contributed by atoms with Gasteiger partial charge >= 0.3 is 0 Å². The number of benzene rings is 2. The molecule has 0 aliphatic carbocycles. The van der Waals surface area contributed by atoms with Crippen molar-refractivity contribution >= 4 is 27.9 Å². The summed E-state index contributed by atoms with van der Waals surface area (Å²) in [5, 5.41) is 22.0. The minimum atomic E-state index is -0.485. The highest BCUT2D eigenvalue weighted by molar-refractivity contribution is 9.10. The van der Waals surface area contributed by atoms with Gasteiger partial charge in [-0.15, -0.1) is 0 Å². The van der Waals surface area contributed by atoms with Crippen LogP contribution in [0.15, 0.2) is 52.5 Å². The van der Waals surface area contributed by atoms with Crippen molar-refractivity contribution in [2.24, 2.45) is 0 Å². The molecule has 0 radical (unpaired) electrons. The Morgan fingerprint density at radius 1 is 1.36 bits per heavy atom. The van der Waals surface area contributed by atoms with E-state index in [0.717, 1.165) is 5.56 Å². The first-order valence-corrected chi connectivity index (χ1v) is 8.29. The van der Waals surface area contributed by atoms with E-state index in [1.807, 2.05) is 43.3 Å². The number of amides is 1. The highest BCUT2D eigenvalue weighted by Gasteiger charge is 2.15. The lowest BCUT2D eigenvalue weighted by Gasteiger charge is -2.14. The van der Waals surface area contributed by atoms with Crippen LogP contribution in [0.5, 0.6) is 11.5 Å². The molecule has 25 heavy (non-hydrogen) atoms. The van der Waals surface area contributed by atoms with E-state index >= 15 is 0 Å². The van der Waals surface area contributed by atoms with Crippen LogP contribution in [-0.2, 0) is 4.79 Å². The van der Waals surface area contributed by atoms with Crippen LogP contribution in [0.25, 0.3) is 6.08 Å². The summed E-state index contributed by atoms with van der Waals surface area (Å²) in [6.45, 7) is 1.84. The van der Waals surface area contributed by atoms with Crippen LogP contribution < -0.4 is 10.1 Å². The molecule has 1 amide bonds. The van der Waals surface area contributed by atoms with Crippen molar-refractivity contribution in [3.05, 3.63) is 63.6 Å². The topological polar surface area (TPSA) is 82.3 Å². The van der Waals surface area contributed by atoms with Gasteiger partial charge in [-0.05, 0) is 36.3 Å². The SMILES string of the molecule is COc1cc(Br)c(/C=C(\C#N)C(=O)N[C@H](C)c2ccccc2)cc1O. The van der Waals surface area contributed by atoms with Gasteiger partial charge < -0.3 is 15.2 Å². The van der Waals surface area contributed by atoms with E-state index in [-0.39, 0.29) is 17.4 Å². The molecule has 2 N–H and O–H groups in total. The monoisotopic (exact) mass is 400 g/mol. The largest absolute Gasteiger partial charge is 0.504 e. The molecule has 0 unspecified atom stereocenters. The Hall–Kier alpha value is -2.78. The van der Waals surface area contributed by atoms with E-state index in [9.17, 15) is 15.2 Å². The predicted octanol–water partition coefficient (Wildman–Crippen LogP) is 3.95. The number of nitriles is 1. The number of carbonyl (C=O) groups excluding carboxylic acids is 1. The fraction of sp³-hybridized carbons (Fsp3) is 0.158. The van der Waals surface area contributed by atoms with E-state index < -0.39 is 5.91 Å². The van der Waals surface area contributed by atoms with Gasteiger partial charge in [0.25, 0.3) is 5.91 Å². The van der Waals surface area contributed by atoms with E-state index in [4.69, 9.17) is 4.74 Å². The van der Waals surface area contributed by atoms with Crippen molar-refractivity contribution in [3.8, 4) is 17.6 Å². The van der Waals surface area contributed by atoms with Gasteiger partial charge in [0, 0.05) is 4.47 Å². The molecule has 2 aromatic rings. The minimum absolute atomic E-state index is 0.0620. The fourth-order valence-corrected chi connectivity index (χ4v) is 2.67. The van der Waals surface area contributed by atoms with Crippen LogP contribution in [0.4, 0.5) is 0 Å². The normalized spacial score (nSPS) is 12.2. The standard InChI is InChI=1S/C19H17BrN2O3/c1-12(13-6-4-3-5-7-13)22-19(24)15(11-21)8-14-9-17(23)18(25-2)10-16(14)20/h3-10,12,23H,1-2H3,(H,22,24)/b15-8+/t12-/m1/s1. The van der Waals surface area contributed by atoms with Crippen LogP contribution in [0.3, 0.4) is 0 Å². The molecule has 0 spiro atoms. The van der Waals surface area contributed by atoms with Crippen LogP contribution in [0, 0.1) is 11.3 Å². The maximum absolute atomic E-state index is 12.4. The molecule has 2 aromatic carbocycles. The molecule has 2 rings (SSSR count). The smallest absolute Gasteiger partial charge is 0.262 e. The number of phenols is 1. The Labute approximate surface area is 154 Å². The molecule has 0 saturated carbocycles. The number of hydrogen-bond acceptors (Lipinski definition) is 4. The van der Waals surface area contributed by atoms with Gasteiger partial charge in [0.1, 0.15) is 11.6 Å². The summed E-state index contributed by atoms with van der Waals surface area (Å²) in [5.74, 6) is -0.266. The summed E-state index contributed by atoms with van der Waals surface area (Å²) >= 11 is 3.34. The van der Waals surface area contributed by atoms with E-state index in [1.54, 1.807) is 6.07 Å². The van der Waals surface area contributed by atoms with Gasteiger partial charge in [0.15, 0.2) is 11.5 Å². The molecule has 0 aliphatic heterocycles. The van der Waals surface area contributed by atoms with Gasteiger partial charge in [-0.1, -0.05) is 46.3 Å². The zero-order valence-corrected chi connectivity index (χ0v) is 15.4. The average Bonchev–Trinajstić information content (AvgIpc) is 2.62. The number of aromatic hydroxyl groups is 1. The Bertz CT molecular complexity index is 842. The second-order valence-electron chi connectivity index (χ2n) is 5.32. The lowest BCUT2D eigenvalue weighted by atomic mass is 10.1. The van der Waals surface area contributed by atoms with Gasteiger partial charge in [-0.3, -0.25) is 4.79 Å². The maximum Gasteiger partial charge on any atom is 0.262 e. The van der Waals surface area contributed by atoms with Gasteiger partial charge in [0.05, 0.1) is 13.2 Å². The summed E-state index contributed by atoms with van der Waals surface area (Å²) in [5.41, 5.74) is 1.38. The third kappa shape index (κ3) is 4.61. The second-order valence-corrected chi connectivity index (χ2v) is 6.18. The number of methoxy groups -OCH3 is 1. The van der Waals surface area contributed by atoms with E-state index in [0.29, 0.717) is 15.8 Å². The lowest BCUT2D eigenvalue weighted by Crippen LogP contribution is -2.27. The number of ether oxygens (including phenoxy) is 1. The molecule has 6 heteroatoms. The number of halogens is 1. The first-order chi connectivity index (χ1) is 12.0. The van der Waals surface area contributed by atoms with Crippen molar-refractivity contribution < 1.29 is 14.6 Å². The Morgan fingerprint density at radius 2 is 2.04 bits per heavy atom. The van der Waals surface area contributed by atoms with Crippen LogP contribution in [0.1, 0.15) is 24.1 Å². The predicted molar refractivity (Wildman–Crippen MR) is 98.9 cm³/mol. The van der Waals surface area contributed by atoms with Gasteiger partial charge in [0.2, 0.25) is 0 Å². The number of nitrogens with one attached hydrogen (secondary N) is 1. The third-order valence-corrected chi connectivity index (χ3v) is 4.30. The minimum Gasteiger partial charge on any atom is -0.504 e. The Morgan fingerprint density at radius 3 is 2.64 bits per heavy atom. The molecule has 5 nitrogen and oxygen atoms in total. The summed E-state index contributed by atoms with van der Waals surface area (Å²) in [7, 11) is 1.44. The lowest BCUT2D eigenvalue weighted by molar-refractivity contribution is -0.117. The first-order valence-electron chi connectivity index (χ1n) is 7.50. The maximum atomic E-state index is 12.4. The number of phenolic OH excluding ortho intramolecular Hbond substituents is 1. The second kappa shape index (κ2) is 8.36. The third-order valence-electron chi connectivity index (χ3n) is 3.61. The molecule has 0 aromatic heterocycles. The van der Waals surface area contributed by atoms with Gasteiger partial charge in [-0.2, -0.15) is 5.26 Å². The van der Waals surface area contributed by atoms with Crippen molar-refractivity contribution in [3.63, 3.8) is 0 Å². The van der Waals surface area contributed by atoms with Crippen LogP contribution in [-0.4, -0.2) is 18.1 Å². The number of rotatable bonds is 5. The molecular formula is C19H17BrN2O3.